The van der Waals surface area contributed by atoms with Gasteiger partial charge >= 0.3 is 0 Å². The molecule has 0 bridgehead atoms. The van der Waals surface area contributed by atoms with Gasteiger partial charge in [0.15, 0.2) is 0 Å². The molecular weight excluding hydrogens is 238 g/mol. The van der Waals surface area contributed by atoms with E-state index in [4.69, 9.17) is 0 Å². The van der Waals surface area contributed by atoms with Crippen LogP contribution < -0.4 is 5.32 Å². The molecule has 0 amide bonds. The lowest BCUT2D eigenvalue weighted by Crippen LogP contribution is -2.39. The van der Waals surface area contributed by atoms with Crippen LogP contribution in [0.3, 0.4) is 0 Å². The number of anilines is 1. The van der Waals surface area contributed by atoms with Crippen molar-refractivity contribution in [2.24, 2.45) is 7.05 Å². The minimum absolute atomic E-state index is 0.559. The molecule has 0 spiro atoms. The molecule has 0 saturated heterocycles. The van der Waals surface area contributed by atoms with Crippen molar-refractivity contribution >= 4 is 17.0 Å². The largest absolute Gasteiger partial charge is 0.388 e. The molecule has 1 aromatic carbocycles. The average molecular weight is 259 g/mol. The number of nitrogens with zero attached hydrogens (tertiary/aromatic N) is 2. The molecule has 1 saturated carbocycles. The number of para-hydroxylation sites is 2. The fraction of sp³-hybridized carbons (Fsp3) is 0.533. The number of imidazole rings is 1. The summed E-state index contributed by atoms with van der Waals surface area (Å²) in [4.78, 5) is 4.57. The zero-order valence-electron chi connectivity index (χ0n) is 11.4. The quantitative estimate of drug-likeness (QED) is 0.891. The molecule has 1 heterocycles. The van der Waals surface area contributed by atoms with E-state index in [1.54, 1.807) is 0 Å². The van der Waals surface area contributed by atoms with Gasteiger partial charge in [-0.3, -0.25) is 0 Å². The van der Waals surface area contributed by atoms with E-state index >= 15 is 0 Å². The Morgan fingerprint density at radius 1 is 1.26 bits per heavy atom. The molecule has 2 N–H and O–H groups in total. The fourth-order valence-corrected chi connectivity index (χ4v) is 2.93. The Balaban J connectivity index is 1.76. The summed E-state index contributed by atoms with van der Waals surface area (Å²) in [6.45, 7) is 0.587. The summed E-state index contributed by atoms with van der Waals surface area (Å²) in [5, 5.41) is 13.8. The zero-order chi connectivity index (χ0) is 13.3. The summed E-state index contributed by atoms with van der Waals surface area (Å²) >= 11 is 0. The number of aryl methyl sites for hydroxylation is 1. The van der Waals surface area contributed by atoms with Crippen molar-refractivity contribution in [1.29, 1.82) is 0 Å². The van der Waals surface area contributed by atoms with E-state index in [2.05, 4.69) is 16.4 Å². The van der Waals surface area contributed by atoms with Crippen LogP contribution in [-0.4, -0.2) is 26.8 Å². The first-order valence-corrected chi connectivity index (χ1v) is 7.06. The van der Waals surface area contributed by atoms with Crippen LogP contribution in [0.15, 0.2) is 24.3 Å². The van der Waals surface area contributed by atoms with E-state index in [0.717, 1.165) is 42.7 Å². The van der Waals surface area contributed by atoms with Gasteiger partial charge in [-0.05, 0) is 25.0 Å². The monoisotopic (exact) mass is 259 g/mol. The van der Waals surface area contributed by atoms with Gasteiger partial charge in [0.1, 0.15) is 0 Å². The number of hydrogen-bond acceptors (Lipinski definition) is 3. The highest BCUT2D eigenvalue weighted by Crippen LogP contribution is 2.28. The van der Waals surface area contributed by atoms with Crippen LogP contribution in [0.2, 0.25) is 0 Å². The first-order valence-electron chi connectivity index (χ1n) is 7.06. The van der Waals surface area contributed by atoms with Gasteiger partial charge in [0.05, 0.1) is 16.6 Å². The number of aromatic nitrogens is 2. The molecule has 1 aliphatic carbocycles. The second kappa shape index (κ2) is 4.85. The minimum atomic E-state index is -0.559. The van der Waals surface area contributed by atoms with Gasteiger partial charge in [0, 0.05) is 13.6 Å². The number of hydrogen-bond donors (Lipinski definition) is 2. The molecule has 4 nitrogen and oxygen atoms in total. The van der Waals surface area contributed by atoms with Crippen molar-refractivity contribution in [1.82, 2.24) is 9.55 Å². The number of benzene rings is 1. The lowest BCUT2D eigenvalue weighted by atomic mass is 9.85. The Labute approximate surface area is 113 Å². The third kappa shape index (κ3) is 2.45. The molecule has 0 radical (unpaired) electrons. The van der Waals surface area contributed by atoms with E-state index in [1.807, 2.05) is 29.8 Å². The molecule has 1 aromatic heterocycles. The lowest BCUT2D eigenvalue weighted by Gasteiger charge is -2.32. The highest BCUT2D eigenvalue weighted by molar-refractivity contribution is 5.78. The van der Waals surface area contributed by atoms with Crippen molar-refractivity contribution < 1.29 is 5.11 Å². The van der Waals surface area contributed by atoms with E-state index in [-0.39, 0.29) is 0 Å². The summed E-state index contributed by atoms with van der Waals surface area (Å²) in [5.74, 6) is 0.834. The van der Waals surface area contributed by atoms with Crippen LogP contribution in [0.4, 0.5) is 5.95 Å². The lowest BCUT2D eigenvalue weighted by molar-refractivity contribution is 0.0165. The second-order valence-electron chi connectivity index (χ2n) is 5.62. The minimum Gasteiger partial charge on any atom is -0.388 e. The van der Waals surface area contributed by atoms with E-state index in [1.165, 1.54) is 6.42 Å². The van der Waals surface area contributed by atoms with Crippen LogP contribution >= 0.6 is 0 Å². The summed E-state index contributed by atoms with van der Waals surface area (Å²) in [6, 6.07) is 8.08. The van der Waals surface area contributed by atoms with Crippen LogP contribution in [0.1, 0.15) is 32.1 Å². The van der Waals surface area contributed by atoms with Crippen LogP contribution in [0.25, 0.3) is 11.0 Å². The topological polar surface area (TPSA) is 50.1 Å². The SMILES string of the molecule is Cn1c(NCC2(O)CCCCC2)nc2ccccc21. The third-order valence-electron chi connectivity index (χ3n) is 4.15. The first kappa shape index (κ1) is 12.5. The van der Waals surface area contributed by atoms with Crippen LogP contribution in [0.5, 0.6) is 0 Å². The molecule has 0 aliphatic heterocycles. The predicted octanol–water partition coefficient (Wildman–Crippen LogP) is 2.68. The molecule has 4 heteroatoms. The molecule has 0 atom stereocenters. The molecule has 2 aromatic rings. The van der Waals surface area contributed by atoms with Crippen LogP contribution in [0, 0.1) is 0 Å². The maximum atomic E-state index is 10.5. The molecule has 102 valence electrons. The number of nitrogens with one attached hydrogen (secondary N) is 1. The first-order chi connectivity index (χ1) is 9.18. The van der Waals surface area contributed by atoms with Crippen molar-refractivity contribution in [3.63, 3.8) is 0 Å². The van der Waals surface area contributed by atoms with E-state index < -0.39 is 5.60 Å². The standard InChI is InChI=1S/C15H21N3O/c1-18-13-8-4-3-7-12(13)17-14(18)16-11-15(19)9-5-2-6-10-15/h3-4,7-8,19H,2,5-6,9-11H2,1H3,(H,16,17). The summed E-state index contributed by atoms with van der Waals surface area (Å²) in [7, 11) is 2.00. The highest BCUT2D eigenvalue weighted by atomic mass is 16.3. The number of fused-ring (bicyclic) bond motifs is 1. The van der Waals surface area contributed by atoms with Crippen molar-refractivity contribution in [2.45, 2.75) is 37.7 Å². The molecule has 3 rings (SSSR count). The van der Waals surface area contributed by atoms with Gasteiger partial charge in [0.25, 0.3) is 0 Å². The fourth-order valence-electron chi connectivity index (χ4n) is 2.93. The summed E-state index contributed by atoms with van der Waals surface area (Å²) in [5.41, 5.74) is 1.54. The Hall–Kier alpha value is -1.55. The van der Waals surface area contributed by atoms with Gasteiger partial charge in [-0.2, -0.15) is 0 Å². The molecule has 1 fully saturated rings. The van der Waals surface area contributed by atoms with Crippen molar-refractivity contribution in [2.75, 3.05) is 11.9 Å². The average Bonchev–Trinajstić information content (AvgIpc) is 2.75. The Morgan fingerprint density at radius 2 is 2.00 bits per heavy atom. The maximum absolute atomic E-state index is 10.5. The van der Waals surface area contributed by atoms with Crippen molar-refractivity contribution in [3.05, 3.63) is 24.3 Å². The maximum Gasteiger partial charge on any atom is 0.203 e. The van der Waals surface area contributed by atoms with Gasteiger partial charge in [-0.15, -0.1) is 0 Å². The number of rotatable bonds is 3. The predicted molar refractivity (Wildman–Crippen MR) is 77.2 cm³/mol. The second-order valence-corrected chi connectivity index (χ2v) is 5.62. The zero-order valence-corrected chi connectivity index (χ0v) is 11.4. The normalized spacial score (nSPS) is 18.6. The molecule has 0 unspecified atom stereocenters. The highest BCUT2D eigenvalue weighted by Gasteiger charge is 2.29. The van der Waals surface area contributed by atoms with E-state index in [0.29, 0.717) is 6.54 Å². The van der Waals surface area contributed by atoms with Crippen molar-refractivity contribution in [3.8, 4) is 0 Å². The van der Waals surface area contributed by atoms with Gasteiger partial charge < -0.3 is 15.0 Å². The molecule has 19 heavy (non-hydrogen) atoms. The summed E-state index contributed by atoms with van der Waals surface area (Å²) < 4.78 is 2.04. The Bertz CT molecular complexity index is 570. The van der Waals surface area contributed by atoms with Gasteiger partial charge in [0.2, 0.25) is 5.95 Å². The molecular formula is C15H21N3O. The Kier molecular flexibility index (Phi) is 3.19. The van der Waals surface area contributed by atoms with Crippen LogP contribution in [-0.2, 0) is 7.05 Å². The smallest absolute Gasteiger partial charge is 0.203 e. The van der Waals surface area contributed by atoms with E-state index in [9.17, 15) is 5.11 Å². The summed E-state index contributed by atoms with van der Waals surface area (Å²) in [6.07, 6.45) is 5.28. The van der Waals surface area contributed by atoms with Gasteiger partial charge in [-0.1, -0.05) is 31.4 Å². The number of aliphatic hydroxyl groups is 1. The third-order valence-corrected chi connectivity index (χ3v) is 4.15. The van der Waals surface area contributed by atoms with Gasteiger partial charge in [-0.25, -0.2) is 4.98 Å². The Morgan fingerprint density at radius 3 is 2.74 bits per heavy atom. The molecule has 1 aliphatic rings.